The fraction of sp³-hybridized carbons (Fsp3) is 0.100. The Bertz CT molecular complexity index is 1040. The number of aromatic nitrogens is 1. The van der Waals surface area contributed by atoms with Crippen LogP contribution in [-0.2, 0) is 0 Å². The van der Waals surface area contributed by atoms with Gasteiger partial charge in [0.25, 0.3) is 0 Å². The van der Waals surface area contributed by atoms with Crippen LogP contribution < -0.4 is 15.2 Å². The van der Waals surface area contributed by atoms with Gasteiger partial charge in [-0.15, -0.1) is 0 Å². The van der Waals surface area contributed by atoms with Gasteiger partial charge in [-0.3, -0.25) is 0 Å². The van der Waals surface area contributed by atoms with E-state index in [1.54, 1.807) is 56.7 Å². The summed E-state index contributed by atoms with van der Waals surface area (Å²) in [6.07, 6.45) is 0. The van der Waals surface area contributed by atoms with Crippen molar-refractivity contribution < 1.29 is 9.47 Å². The molecule has 0 aliphatic rings. The monoisotopic (exact) mass is 399 g/mol. The van der Waals surface area contributed by atoms with E-state index in [2.05, 4.69) is 11.1 Å². The predicted molar refractivity (Wildman–Crippen MR) is 107 cm³/mol. The fourth-order valence-electron chi connectivity index (χ4n) is 2.68. The summed E-state index contributed by atoms with van der Waals surface area (Å²) >= 11 is 12.1. The van der Waals surface area contributed by atoms with E-state index in [9.17, 15) is 5.26 Å². The summed E-state index contributed by atoms with van der Waals surface area (Å²) in [6.45, 7) is 0. The lowest BCUT2D eigenvalue weighted by Crippen LogP contribution is -2.00. The molecule has 3 aromatic rings. The highest BCUT2D eigenvalue weighted by molar-refractivity contribution is 6.42. The zero-order chi connectivity index (χ0) is 19.6. The van der Waals surface area contributed by atoms with E-state index in [4.69, 9.17) is 38.4 Å². The molecule has 2 N–H and O–H groups in total. The Balaban J connectivity index is 2.25. The number of pyridine rings is 1. The number of anilines is 1. The van der Waals surface area contributed by atoms with Gasteiger partial charge >= 0.3 is 0 Å². The lowest BCUT2D eigenvalue weighted by molar-refractivity contribution is 0.394. The Kier molecular flexibility index (Phi) is 5.41. The minimum absolute atomic E-state index is 0.123. The summed E-state index contributed by atoms with van der Waals surface area (Å²) in [5.41, 5.74) is 8.97. The van der Waals surface area contributed by atoms with Crippen molar-refractivity contribution in [3.05, 3.63) is 58.1 Å². The molecule has 0 fully saturated rings. The van der Waals surface area contributed by atoms with Gasteiger partial charge in [-0.25, -0.2) is 4.98 Å². The van der Waals surface area contributed by atoms with Gasteiger partial charge in [0.05, 0.1) is 30.0 Å². The third kappa shape index (κ3) is 3.77. The van der Waals surface area contributed by atoms with Crippen LogP contribution in [0.5, 0.6) is 11.5 Å². The number of nitrogens with two attached hydrogens (primary N) is 1. The first-order chi connectivity index (χ1) is 13.0. The van der Waals surface area contributed by atoms with Gasteiger partial charge in [-0.2, -0.15) is 5.26 Å². The fourth-order valence-corrected chi connectivity index (χ4v) is 2.97. The molecule has 0 atom stereocenters. The Morgan fingerprint density at radius 1 is 0.926 bits per heavy atom. The summed E-state index contributed by atoms with van der Waals surface area (Å²) < 4.78 is 10.6. The molecule has 0 spiro atoms. The van der Waals surface area contributed by atoms with Crippen molar-refractivity contribution in [3.63, 3.8) is 0 Å². The maximum absolute atomic E-state index is 9.58. The van der Waals surface area contributed by atoms with Gasteiger partial charge in [-0.05, 0) is 35.9 Å². The molecule has 0 saturated heterocycles. The number of nitrogen functional groups attached to an aromatic ring is 1. The van der Waals surface area contributed by atoms with Gasteiger partial charge in [0.15, 0.2) is 0 Å². The van der Waals surface area contributed by atoms with E-state index in [0.29, 0.717) is 32.8 Å². The second-order valence-corrected chi connectivity index (χ2v) is 6.47. The van der Waals surface area contributed by atoms with Crippen molar-refractivity contribution >= 4 is 29.0 Å². The van der Waals surface area contributed by atoms with Crippen LogP contribution >= 0.6 is 23.2 Å². The number of hydrogen-bond donors (Lipinski definition) is 1. The largest absolute Gasteiger partial charge is 0.497 e. The van der Waals surface area contributed by atoms with Crippen LogP contribution in [-0.4, -0.2) is 19.2 Å². The van der Waals surface area contributed by atoms with Crippen molar-refractivity contribution in [3.8, 4) is 40.0 Å². The predicted octanol–water partition coefficient (Wildman–Crippen LogP) is 5.19. The van der Waals surface area contributed by atoms with E-state index in [-0.39, 0.29) is 11.4 Å². The zero-order valence-electron chi connectivity index (χ0n) is 14.6. The first-order valence-corrected chi connectivity index (χ1v) is 8.62. The average Bonchev–Trinajstić information content (AvgIpc) is 2.68. The van der Waals surface area contributed by atoms with E-state index < -0.39 is 0 Å². The number of rotatable bonds is 4. The molecular formula is C20H15Cl2N3O2. The molecule has 0 aliphatic heterocycles. The number of halogens is 2. The summed E-state index contributed by atoms with van der Waals surface area (Å²) in [5.74, 6) is 1.32. The van der Waals surface area contributed by atoms with Gasteiger partial charge in [0.2, 0.25) is 0 Å². The lowest BCUT2D eigenvalue weighted by Gasteiger charge is -2.13. The van der Waals surface area contributed by atoms with Crippen LogP contribution in [0.3, 0.4) is 0 Å². The number of benzene rings is 2. The number of methoxy groups -OCH3 is 2. The number of ether oxygens (including phenoxy) is 2. The second kappa shape index (κ2) is 7.75. The zero-order valence-corrected chi connectivity index (χ0v) is 16.1. The van der Waals surface area contributed by atoms with E-state index in [1.165, 1.54) is 0 Å². The van der Waals surface area contributed by atoms with E-state index in [0.717, 1.165) is 11.1 Å². The Labute approximate surface area is 166 Å². The SMILES string of the molecule is COc1cc(OC)cc(-c2cc(-c3ccc(Cl)c(Cl)c3)nc(N)c2C#N)c1. The molecule has 0 aliphatic carbocycles. The van der Waals surface area contributed by atoms with Crippen LogP contribution in [0.2, 0.25) is 10.0 Å². The molecule has 0 unspecified atom stereocenters. The third-order valence-corrected chi connectivity index (χ3v) is 4.78. The molecule has 2 aromatic carbocycles. The summed E-state index contributed by atoms with van der Waals surface area (Å²) in [7, 11) is 3.12. The summed E-state index contributed by atoms with van der Waals surface area (Å²) in [5, 5.41) is 10.4. The molecular weight excluding hydrogens is 385 g/mol. The first-order valence-electron chi connectivity index (χ1n) is 7.86. The molecule has 0 amide bonds. The molecule has 3 rings (SSSR count). The standard InChI is InChI=1S/C20H15Cl2N3O2/c1-26-13-5-12(6-14(8-13)27-2)15-9-19(25-20(24)16(15)10-23)11-3-4-17(21)18(22)7-11/h3-9H,1-2H3,(H2,24,25). The van der Waals surface area contributed by atoms with Crippen LogP contribution in [0.4, 0.5) is 5.82 Å². The lowest BCUT2D eigenvalue weighted by atomic mass is 9.98. The van der Waals surface area contributed by atoms with Crippen molar-refractivity contribution in [2.75, 3.05) is 20.0 Å². The van der Waals surface area contributed by atoms with Crippen LogP contribution in [0.1, 0.15) is 5.56 Å². The molecule has 0 radical (unpaired) electrons. The molecule has 0 bridgehead atoms. The highest BCUT2D eigenvalue weighted by Crippen LogP contribution is 2.36. The van der Waals surface area contributed by atoms with Gasteiger partial charge in [0, 0.05) is 17.2 Å². The molecule has 136 valence electrons. The van der Waals surface area contributed by atoms with Crippen molar-refractivity contribution in [2.45, 2.75) is 0 Å². The maximum atomic E-state index is 9.58. The highest BCUT2D eigenvalue weighted by Gasteiger charge is 2.16. The quantitative estimate of drug-likeness (QED) is 0.652. The molecule has 7 heteroatoms. The summed E-state index contributed by atoms with van der Waals surface area (Å²) in [4.78, 5) is 4.35. The molecule has 5 nitrogen and oxygen atoms in total. The first kappa shape index (κ1) is 18.8. The third-order valence-electron chi connectivity index (χ3n) is 4.04. The van der Waals surface area contributed by atoms with Crippen LogP contribution in [0.15, 0.2) is 42.5 Å². The molecule has 1 aromatic heterocycles. The number of nitrogens with zero attached hydrogens (tertiary/aromatic N) is 2. The Morgan fingerprint density at radius 2 is 1.59 bits per heavy atom. The molecule has 1 heterocycles. The molecule has 0 saturated carbocycles. The topological polar surface area (TPSA) is 81.2 Å². The van der Waals surface area contributed by atoms with Gasteiger partial charge in [-0.1, -0.05) is 29.3 Å². The van der Waals surface area contributed by atoms with Gasteiger partial charge in [0.1, 0.15) is 28.9 Å². The minimum atomic E-state index is 0.123. The number of nitriles is 1. The second-order valence-electron chi connectivity index (χ2n) is 5.66. The maximum Gasteiger partial charge on any atom is 0.142 e. The van der Waals surface area contributed by atoms with Crippen LogP contribution in [0.25, 0.3) is 22.4 Å². The number of hydrogen-bond acceptors (Lipinski definition) is 5. The van der Waals surface area contributed by atoms with Crippen molar-refractivity contribution in [2.24, 2.45) is 0 Å². The van der Waals surface area contributed by atoms with Crippen LogP contribution in [0, 0.1) is 11.3 Å². The van der Waals surface area contributed by atoms with Gasteiger partial charge < -0.3 is 15.2 Å². The smallest absolute Gasteiger partial charge is 0.142 e. The molecule has 27 heavy (non-hydrogen) atoms. The van der Waals surface area contributed by atoms with Crippen molar-refractivity contribution in [1.29, 1.82) is 5.26 Å². The summed E-state index contributed by atoms with van der Waals surface area (Å²) in [6, 6.07) is 14.4. The Hall–Kier alpha value is -2.94. The van der Waals surface area contributed by atoms with E-state index >= 15 is 0 Å². The minimum Gasteiger partial charge on any atom is -0.497 e. The highest BCUT2D eigenvalue weighted by atomic mass is 35.5. The normalized spacial score (nSPS) is 10.3. The van der Waals surface area contributed by atoms with Crippen molar-refractivity contribution in [1.82, 2.24) is 4.98 Å². The average molecular weight is 400 g/mol. The van der Waals surface area contributed by atoms with E-state index in [1.807, 2.05) is 0 Å². The Morgan fingerprint density at radius 3 is 2.15 bits per heavy atom.